The highest BCUT2D eigenvalue weighted by Crippen LogP contribution is 2.18. The highest BCUT2D eigenvalue weighted by molar-refractivity contribution is 5.72. The number of unbranched alkanes of at least 4 members (excludes halogenated alkanes) is 8. The molecule has 2 rings (SSSR count). The van der Waals surface area contributed by atoms with Gasteiger partial charge in [-0.1, -0.05) is 108 Å². The maximum atomic E-state index is 12.7. The van der Waals surface area contributed by atoms with Crippen LogP contribution in [0.1, 0.15) is 89.2 Å². The lowest BCUT2D eigenvalue weighted by atomic mass is 10.0. The summed E-state index contributed by atoms with van der Waals surface area (Å²) in [6.07, 6.45) is 14.0. The van der Waals surface area contributed by atoms with E-state index in [4.69, 9.17) is 9.47 Å². The van der Waals surface area contributed by atoms with Gasteiger partial charge in [0.2, 0.25) is 6.79 Å². The summed E-state index contributed by atoms with van der Waals surface area (Å²) in [6, 6.07) is 18.6. The molecule has 0 aromatic heterocycles. The van der Waals surface area contributed by atoms with E-state index in [1.807, 2.05) is 25.1 Å². The van der Waals surface area contributed by atoms with E-state index in [1.165, 1.54) is 68.9 Å². The van der Waals surface area contributed by atoms with Gasteiger partial charge in [0.25, 0.3) is 0 Å². The highest BCUT2D eigenvalue weighted by Gasteiger charge is 2.28. The number of quaternary nitrogens is 1. The molecule has 0 saturated heterocycles. The predicted octanol–water partition coefficient (Wildman–Crippen LogP) is 7.94. The minimum atomic E-state index is -0.182. The van der Waals surface area contributed by atoms with Crippen molar-refractivity contribution < 1.29 is 18.8 Å². The van der Waals surface area contributed by atoms with Crippen molar-refractivity contribution in [3.8, 4) is 5.75 Å². The van der Waals surface area contributed by atoms with Crippen LogP contribution in [-0.2, 0) is 22.5 Å². The van der Waals surface area contributed by atoms with Gasteiger partial charge in [0.1, 0.15) is 18.2 Å². The van der Waals surface area contributed by atoms with Crippen LogP contribution in [0.3, 0.4) is 0 Å². The van der Waals surface area contributed by atoms with E-state index in [2.05, 4.69) is 57.4 Å². The van der Waals surface area contributed by atoms with Crippen molar-refractivity contribution in [1.82, 2.24) is 0 Å². The molecule has 1 atom stereocenters. The summed E-state index contributed by atoms with van der Waals surface area (Å²) in [5.41, 5.74) is 2.61. The molecule has 0 fully saturated rings. The van der Waals surface area contributed by atoms with Crippen molar-refractivity contribution in [2.45, 2.75) is 91.0 Å². The second kappa shape index (κ2) is 17.2. The zero-order valence-corrected chi connectivity index (χ0v) is 23.3. The lowest BCUT2D eigenvalue weighted by Gasteiger charge is -2.32. The minimum absolute atomic E-state index is 0.0426. The van der Waals surface area contributed by atoms with Crippen LogP contribution in [-0.4, -0.2) is 37.9 Å². The lowest BCUT2D eigenvalue weighted by Crippen LogP contribution is -2.44. The van der Waals surface area contributed by atoms with Gasteiger partial charge in [-0.2, -0.15) is 0 Å². The largest absolute Gasteiger partial charge is 0.457 e. The van der Waals surface area contributed by atoms with Crippen LogP contribution in [0.4, 0.5) is 0 Å². The molecule has 0 spiro atoms. The van der Waals surface area contributed by atoms with Crippen molar-refractivity contribution in [2.75, 3.05) is 27.4 Å². The molecule has 36 heavy (non-hydrogen) atoms. The number of nitrogens with zero attached hydrogens (tertiary/aromatic N) is 1. The average molecular weight is 497 g/mol. The Balaban J connectivity index is 1.63. The molecule has 2 aromatic carbocycles. The van der Waals surface area contributed by atoms with Crippen LogP contribution in [0.2, 0.25) is 0 Å². The van der Waals surface area contributed by atoms with Crippen molar-refractivity contribution in [3.05, 3.63) is 65.7 Å². The summed E-state index contributed by atoms with van der Waals surface area (Å²) in [5, 5.41) is 0. The molecule has 200 valence electrons. The number of aryl methyl sites for hydroxylation is 1. The Morgan fingerprint density at radius 3 is 2.00 bits per heavy atom. The Labute approximate surface area is 220 Å². The second-order valence-electron chi connectivity index (χ2n) is 10.8. The standard InChI is InChI=1S/C32H50NO3/c1-5-7-8-9-10-11-12-13-15-18-28-21-23-31(24-22-28)35-27-36-32(34)30(6-2)26-33(3,4)25-29-19-16-14-17-20-29/h14,16-17,19-24,30H,5-13,15,18,25-27H2,1-4H3/q+1. The smallest absolute Gasteiger partial charge is 0.317 e. The van der Waals surface area contributed by atoms with Crippen molar-refractivity contribution in [3.63, 3.8) is 0 Å². The summed E-state index contributed by atoms with van der Waals surface area (Å²) in [7, 11) is 4.32. The van der Waals surface area contributed by atoms with Gasteiger partial charge in [0.15, 0.2) is 0 Å². The first-order chi connectivity index (χ1) is 17.4. The summed E-state index contributed by atoms with van der Waals surface area (Å²) >= 11 is 0. The fourth-order valence-corrected chi connectivity index (χ4v) is 4.77. The maximum absolute atomic E-state index is 12.7. The fraction of sp³-hybridized carbons (Fsp3) is 0.594. The molecule has 0 radical (unpaired) electrons. The molecule has 4 nitrogen and oxygen atoms in total. The van der Waals surface area contributed by atoms with Crippen molar-refractivity contribution >= 4 is 5.97 Å². The molecular formula is C32H50NO3+. The molecular weight excluding hydrogens is 446 g/mol. The maximum Gasteiger partial charge on any atom is 0.317 e. The minimum Gasteiger partial charge on any atom is -0.457 e. The molecule has 1 unspecified atom stereocenters. The second-order valence-corrected chi connectivity index (χ2v) is 10.8. The van der Waals surface area contributed by atoms with E-state index in [9.17, 15) is 4.79 Å². The molecule has 0 heterocycles. The Morgan fingerprint density at radius 2 is 1.39 bits per heavy atom. The number of ether oxygens (including phenoxy) is 2. The van der Waals surface area contributed by atoms with Gasteiger partial charge in [0.05, 0.1) is 20.6 Å². The summed E-state index contributed by atoms with van der Waals surface area (Å²) < 4.78 is 11.9. The number of hydrogen-bond donors (Lipinski definition) is 0. The third-order valence-electron chi connectivity index (χ3n) is 6.91. The first kappa shape index (κ1) is 29.9. The zero-order chi connectivity index (χ0) is 26.1. The zero-order valence-electron chi connectivity index (χ0n) is 23.3. The molecule has 0 bridgehead atoms. The Morgan fingerprint density at radius 1 is 0.778 bits per heavy atom. The molecule has 0 aliphatic heterocycles. The molecule has 4 heteroatoms. The number of rotatable bonds is 19. The van der Waals surface area contributed by atoms with E-state index in [-0.39, 0.29) is 18.7 Å². The van der Waals surface area contributed by atoms with E-state index in [0.717, 1.165) is 36.2 Å². The van der Waals surface area contributed by atoms with Gasteiger partial charge in [0, 0.05) is 5.56 Å². The van der Waals surface area contributed by atoms with Crippen LogP contribution in [0.15, 0.2) is 54.6 Å². The third-order valence-corrected chi connectivity index (χ3v) is 6.91. The van der Waals surface area contributed by atoms with Crippen molar-refractivity contribution in [1.29, 1.82) is 0 Å². The summed E-state index contributed by atoms with van der Waals surface area (Å²) in [4.78, 5) is 12.7. The van der Waals surface area contributed by atoms with Crippen LogP contribution >= 0.6 is 0 Å². The van der Waals surface area contributed by atoms with Crippen LogP contribution in [0.25, 0.3) is 0 Å². The van der Waals surface area contributed by atoms with Gasteiger partial charge < -0.3 is 14.0 Å². The van der Waals surface area contributed by atoms with E-state index in [1.54, 1.807) is 0 Å². The number of carbonyl (C=O) groups excluding carboxylic acids is 1. The average Bonchev–Trinajstić information content (AvgIpc) is 2.87. The Bertz CT molecular complexity index is 832. The normalized spacial score (nSPS) is 12.3. The molecule has 2 aromatic rings. The van der Waals surface area contributed by atoms with Crippen LogP contribution in [0, 0.1) is 5.92 Å². The molecule has 0 aliphatic carbocycles. The van der Waals surface area contributed by atoms with Crippen LogP contribution < -0.4 is 4.74 Å². The van der Waals surface area contributed by atoms with E-state index >= 15 is 0 Å². The van der Waals surface area contributed by atoms with Gasteiger partial charge in [-0.3, -0.25) is 4.79 Å². The summed E-state index contributed by atoms with van der Waals surface area (Å²) in [6.45, 7) is 5.89. The molecule has 0 amide bonds. The molecule has 0 saturated carbocycles. The van der Waals surface area contributed by atoms with Gasteiger partial charge in [-0.05, 0) is 37.0 Å². The summed E-state index contributed by atoms with van der Waals surface area (Å²) in [5.74, 6) is 0.414. The van der Waals surface area contributed by atoms with Gasteiger partial charge in [-0.25, -0.2) is 0 Å². The van der Waals surface area contributed by atoms with Crippen LogP contribution in [0.5, 0.6) is 5.75 Å². The molecule has 0 N–H and O–H groups in total. The van der Waals surface area contributed by atoms with Crippen molar-refractivity contribution in [2.24, 2.45) is 5.92 Å². The Hall–Kier alpha value is -2.33. The SMILES string of the molecule is CCCCCCCCCCCc1ccc(OCOC(=O)C(CC)C[N+](C)(C)Cc2ccccc2)cc1. The van der Waals surface area contributed by atoms with E-state index in [0.29, 0.717) is 0 Å². The van der Waals surface area contributed by atoms with Gasteiger partial charge >= 0.3 is 5.97 Å². The predicted molar refractivity (Wildman–Crippen MR) is 150 cm³/mol. The number of carbonyl (C=O) groups is 1. The first-order valence-electron chi connectivity index (χ1n) is 14.2. The third kappa shape index (κ3) is 12.6. The number of esters is 1. The van der Waals surface area contributed by atoms with E-state index < -0.39 is 0 Å². The highest BCUT2D eigenvalue weighted by atomic mass is 16.7. The Kier molecular flexibility index (Phi) is 14.3. The monoisotopic (exact) mass is 496 g/mol. The quantitative estimate of drug-likeness (QED) is 0.0857. The lowest BCUT2D eigenvalue weighted by molar-refractivity contribution is -0.906. The number of benzene rings is 2. The number of hydrogen-bond acceptors (Lipinski definition) is 3. The van der Waals surface area contributed by atoms with Gasteiger partial charge in [-0.15, -0.1) is 0 Å². The molecule has 0 aliphatic rings. The topological polar surface area (TPSA) is 35.5 Å². The first-order valence-corrected chi connectivity index (χ1v) is 14.2. The fourth-order valence-electron chi connectivity index (χ4n) is 4.77.